The van der Waals surface area contributed by atoms with Crippen LogP contribution in [-0.4, -0.2) is 35.4 Å². The Kier molecular flexibility index (Phi) is 6.27. The number of rotatable bonds is 7. The minimum absolute atomic E-state index is 0.150. The lowest BCUT2D eigenvalue weighted by Crippen LogP contribution is -2.53. The van der Waals surface area contributed by atoms with Crippen LogP contribution in [-0.2, 0) is 9.53 Å². The van der Waals surface area contributed by atoms with E-state index >= 15 is 0 Å². The minimum Gasteiger partial charge on any atom is -0.480 e. The lowest BCUT2D eigenvalue weighted by molar-refractivity contribution is -0.145. The zero-order valence-electron chi connectivity index (χ0n) is 12.7. The van der Waals surface area contributed by atoms with E-state index in [2.05, 4.69) is 12.2 Å². The standard InChI is InChI=1S/C15H29NO3/c1-11(2)16-15(4,14(17)18)9-10-19-13-7-5-12(3)6-8-13/h11-13,16H,5-10H2,1-4H3,(H,17,18). The number of carbonyl (C=O) groups is 1. The van der Waals surface area contributed by atoms with Crippen LogP contribution in [0.2, 0.25) is 0 Å². The van der Waals surface area contributed by atoms with Crippen LogP contribution in [0.5, 0.6) is 0 Å². The molecule has 0 spiro atoms. The molecule has 19 heavy (non-hydrogen) atoms. The molecule has 4 nitrogen and oxygen atoms in total. The Morgan fingerprint density at radius 1 is 1.37 bits per heavy atom. The average Bonchev–Trinajstić information content (AvgIpc) is 2.30. The van der Waals surface area contributed by atoms with E-state index in [1.165, 1.54) is 12.8 Å². The zero-order chi connectivity index (χ0) is 14.5. The van der Waals surface area contributed by atoms with Crippen molar-refractivity contribution in [2.24, 2.45) is 5.92 Å². The van der Waals surface area contributed by atoms with Crippen molar-refractivity contribution >= 4 is 5.97 Å². The van der Waals surface area contributed by atoms with Gasteiger partial charge in [0.15, 0.2) is 0 Å². The SMILES string of the molecule is CC1CCC(OCCC(C)(NC(C)C)C(=O)O)CC1. The smallest absolute Gasteiger partial charge is 0.323 e. The number of carboxylic acid groups (broad SMARTS) is 1. The summed E-state index contributed by atoms with van der Waals surface area (Å²) in [6, 6.07) is 0.150. The molecule has 0 aromatic rings. The summed E-state index contributed by atoms with van der Waals surface area (Å²) in [6.07, 6.45) is 5.52. The summed E-state index contributed by atoms with van der Waals surface area (Å²) in [5.74, 6) is 0.00816. The van der Waals surface area contributed by atoms with E-state index in [0.717, 1.165) is 18.8 Å². The van der Waals surface area contributed by atoms with Crippen LogP contribution in [0.1, 0.15) is 59.8 Å². The van der Waals surface area contributed by atoms with Crippen molar-refractivity contribution in [3.05, 3.63) is 0 Å². The van der Waals surface area contributed by atoms with Crippen molar-refractivity contribution in [3.8, 4) is 0 Å². The van der Waals surface area contributed by atoms with Gasteiger partial charge in [0.2, 0.25) is 0 Å². The number of hydrogen-bond acceptors (Lipinski definition) is 3. The van der Waals surface area contributed by atoms with E-state index in [-0.39, 0.29) is 6.04 Å². The maximum atomic E-state index is 11.4. The quantitative estimate of drug-likeness (QED) is 0.747. The molecule has 1 aliphatic rings. The van der Waals surface area contributed by atoms with Gasteiger partial charge in [-0.05, 0) is 58.8 Å². The Morgan fingerprint density at radius 3 is 2.42 bits per heavy atom. The number of hydrogen-bond donors (Lipinski definition) is 2. The van der Waals surface area contributed by atoms with E-state index < -0.39 is 11.5 Å². The normalized spacial score (nSPS) is 27.2. The number of nitrogens with one attached hydrogen (secondary N) is 1. The fourth-order valence-electron chi connectivity index (χ4n) is 2.70. The van der Waals surface area contributed by atoms with Crippen LogP contribution < -0.4 is 5.32 Å². The van der Waals surface area contributed by atoms with Gasteiger partial charge in [-0.15, -0.1) is 0 Å². The van der Waals surface area contributed by atoms with Crippen molar-refractivity contribution in [2.45, 2.75) is 77.5 Å². The minimum atomic E-state index is -0.893. The second kappa shape index (κ2) is 7.25. The van der Waals surface area contributed by atoms with Crippen molar-refractivity contribution in [1.29, 1.82) is 0 Å². The summed E-state index contributed by atoms with van der Waals surface area (Å²) < 4.78 is 5.86. The van der Waals surface area contributed by atoms with Crippen molar-refractivity contribution in [3.63, 3.8) is 0 Å². The molecule has 0 aliphatic heterocycles. The third-order valence-electron chi connectivity index (χ3n) is 4.00. The second-order valence-electron chi connectivity index (χ2n) is 6.44. The number of ether oxygens (including phenoxy) is 1. The first-order chi connectivity index (χ1) is 8.83. The first kappa shape index (κ1) is 16.4. The van der Waals surface area contributed by atoms with Gasteiger partial charge in [0, 0.05) is 12.6 Å². The fourth-order valence-corrected chi connectivity index (χ4v) is 2.70. The van der Waals surface area contributed by atoms with Gasteiger partial charge >= 0.3 is 5.97 Å². The van der Waals surface area contributed by atoms with Crippen LogP contribution >= 0.6 is 0 Å². The summed E-state index contributed by atoms with van der Waals surface area (Å²) in [7, 11) is 0. The van der Waals surface area contributed by atoms with E-state index in [9.17, 15) is 9.90 Å². The first-order valence-electron chi connectivity index (χ1n) is 7.46. The van der Waals surface area contributed by atoms with E-state index in [1.807, 2.05) is 13.8 Å². The molecule has 1 saturated carbocycles. The van der Waals surface area contributed by atoms with Crippen molar-refractivity contribution < 1.29 is 14.6 Å². The third-order valence-corrected chi connectivity index (χ3v) is 4.00. The predicted octanol–water partition coefficient (Wildman–Crippen LogP) is 2.81. The maximum Gasteiger partial charge on any atom is 0.323 e. The molecular formula is C15H29NO3. The topological polar surface area (TPSA) is 58.6 Å². The van der Waals surface area contributed by atoms with E-state index in [4.69, 9.17) is 4.74 Å². The second-order valence-corrected chi connectivity index (χ2v) is 6.44. The summed E-state index contributed by atoms with van der Waals surface area (Å²) in [5.41, 5.74) is -0.893. The Hall–Kier alpha value is -0.610. The van der Waals surface area contributed by atoms with Gasteiger partial charge in [-0.2, -0.15) is 0 Å². The molecule has 1 fully saturated rings. The molecule has 1 aliphatic carbocycles. The lowest BCUT2D eigenvalue weighted by Gasteiger charge is -2.31. The van der Waals surface area contributed by atoms with Crippen LogP contribution in [0, 0.1) is 5.92 Å². The average molecular weight is 271 g/mol. The molecule has 0 aromatic carbocycles. The highest BCUT2D eigenvalue weighted by molar-refractivity contribution is 5.78. The van der Waals surface area contributed by atoms with Gasteiger partial charge in [0.25, 0.3) is 0 Å². The molecule has 0 heterocycles. The third kappa shape index (κ3) is 5.49. The van der Waals surface area contributed by atoms with Gasteiger partial charge in [-0.1, -0.05) is 6.92 Å². The van der Waals surface area contributed by atoms with E-state index in [0.29, 0.717) is 19.1 Å². The molecule has 0 aromatic heterocycles. The summed E-state index contributed by atoms with van der Waals surface area (Å²) >= 11 is 0. The summed E-state index contributed by atoms with van der Waals surface area (Å²) in [5, 5.41) is 12.5. The summed E-state index contributed by atoms with van der Waals surface area (Å²) in [6.45, 7) is 8.46. The molecular weight excluding hydrogens is 242 g/mol. The first-order valence-corrected chi connectivity index (χ1v) is 7.46. The predicted molar refractivity (Wildman–Crippen MR) is 76.3 cm³/mol. The number of aliphatic carboxylic acids is 1. The fraction of sp³-hybridized carbons (Fsp3) is 0.933. The highest BCUT2D eigenvalue weighted by Gasteiger charge is 2.33. The molecule has 1 rings (SSSR count). The van der Waals surface area contributed by atoms with Crippen molar-refractivity contribution in [1.82, 2.24) is 5.32 Å². The van der Waals surface area contributed by atoms with Crippen LogP contribution in [0.15, 0.2) is 0 Å². The van der Waals surface area contributed by atoms with Crippen LogP contribution in [0.25, 0.3) is 0 Å². The molecule has 1 atom stereocenters. The monoisotopic (exact) mass is 271 g/mol. The zero-order valence-corrected chi connectivity index (χ0v) is 12.7. The molecule has 1 unspecified atom stereocenters. The van der Waals surface area contributed by atoms with Crippen LogP contribution in [0.3, 0.4) is 0 Å². The molecule has 0 bridgehead atoms. The highest BCUT2D eigenvalue weighted by atomic mass is 16.5. The molecule has 0 radical (unpaired) electrons. The molecule has 112 valence electrons. The maximum absolute atomic E-state index is 11.4. The lowest BCUT2D eigenvalue weighted by atomic mass is 9.89. The van der Waals surface area contributed by atoms with Gasteiger partial charge in [0.1, 0.15) is 5.54 Å². The number of carboxylic acids is 1. The molecule has 0 amide bonds. The van der Waals surface area contributed by atoms with Crippen molar-refractivity contribution in [2.75, 3.05) is 6.61 Å². The van der Waals surface area contributed by atoms with Gasteiger partial charge < -0.3 is 9.84 Å². The van der Waals surface area contributed by atoms with E-state index in [1.54, 1.807) is 6.92 Å². The highest BCUT2D eigenvalue weighted by Crippen LogP contribution is 2.26. The Balaban J connectivity index is 2.34. The van der Waals surface area contributed by atoms with Gasteiger partial charge in [0.05, 0.1) is 6.10 Å². The molecule has 2 N–H and O–H groups in total. The van der Waals surface area contributed by atoms with Gasteiger partial charge in [-0.25, -0.2) is 0 Å². The van der Waals surface area contributed by atoms with Gasteiger partial charge in [-0.3, -0.25) is 10.1 Å². The Labute approximate surface area is 116 Å². The Bertz CT molecular complexity index is 285. The summed E-state index contributed by atoms with van der Waals surface area (Å²) in [4.78, 5) is 11.4. The molecule has 4 heteroatoms. The largest absolute Gasteiger partial charge is 0.480 e. The van der Waals surface area contributed by atoms with Crippen LogP contribution in [0.4, 0.5) is 0 Å². The Morgan fingerprint density at radius 2 is 1.95 bits per heavy atom. The molecule has 0 saturated heterocycles.